The van der Waals surface area contributed by atoms with Crippen molar-refractivity contribution in [3.05, 3.63) is 69.8 Å². The van der Waals surface area contributed by atoms with Crippen LogP contribution in [0.3, 0.4) is 0 Å². The average molecular weight is 296 g/mol. The molecule has 0 amide bonds. The summed E-state index contributed by atoms with van der Waals surface area (Å²) >= 11 is 0. The van der Waals surface area contributed by atoms with E-state index in [0.717, 1.165) is 36.8 Å². The van der Waals surface area contributed by atoms with Gasteiger partial charge in [-0.05, 0) is 72.9 Å². The summed E-state index contributed by atoms with van der Waals surface area (Å²) in [5, 5.41) is 20.1. The summed E-state index contributed by atoms with van der Waals surface area (Å²) in [6.07, 6.45) is 2.82. The molecule has 0 heterocycles. The molecule has 4 bridgehead atoms. The Bertz CT molecular complexity index is 612. The van der Waals surface area contributed by atoms with Crippen molar-refractivity contribution >= 4 is 0 Å². The lowest BCUT2D eigenvalue weighted by molar-refractivity contribution is 0.197. The zero-order chi connectivity index (χ0) is 15.7. The largest absolute Gasteiger partial charge is 0.389 e. The highest BCUT2D eigenvalue weighted by atomic mass is 16.3. The zero-order valence-electron chi connectivity index (χ0n) is 13.3. The summed E-state index contributed by atoms with van der Waals surface area (Å²) in [6, 6.07) is 13.0. The van der Waals surface area contributed by atoms with Crippen molar-refractivity contribution < 1.29 is 10.2 Å². The van der Waals surface area contributed by atoms with Crippen molar-refractivity contribution in [2.45, 2.75) is 51.7 Å². The number of aliphatic hydroxyl groups excluding tert-OH is 2. The van der Waals surface area contributed by atoms with Gasteiger partial charge < -0.3 is 10.2 Å². The molecule has 116 valence electrons. The topological polar surface area (TPSA) is 40.5 Å². The van der Waals surface area contributed by atoms with E-state index in [2.05, 4.69) is 36.4 Å². The fraction of sp³-hybridized carbons (Fsp3) is 0.400. The molecule has 2 N–H and O–H groups in total. The smallest absolute Gasteiger partial charge is 0.0764 e. The van der Waals surface area contributed by atoms with Crippen molar-refractivity contribution in [2.24, 2.45) is 0 Å². The molecule has 2 aromatic rings. The van der Waals surface area contributed by atoms with Gasteiger partial charge in [-0.1, -0.05) is 36.4 Å². The van der Waals surface area contributed by atoms with Crippen molar-refractivity contribution in [1.29, 1.82) is 0 Å². The second-order valence-corrected chi connectivity index (χ2v) is 6.42. The monoisotopic (exact) mass is 296 g/mol. The predicted octanol–water partition coefficient (Wildman–Crippen LogP) is 3.68. The number of aryl methyl sites for hydroxylation is 4. The maximum absolute atomic E-state index is 10.1. The lowest BCUT2D eigenvalue weighted by atomic mass is 9.89. The van der Waals surface area contributed by atoms with Crippen LogP contribution in [0.1, 0.15) is 59.4 Å². The van der Waals surface area contributed by atoms with E-state index in [1.165, 1.54) is 22.3 Å². The normalized spacial score (nSPS) is 16.9. The molecule has 2 heteroatoms. The minimum absolute atomic E-state index is 0.435. The molecule has 2 atom stereocenters. The summed E-state index contributed by atoms with van der Waals surface area (Å²) in [5.41, 5.74) is 7.04. The molecular weight excluding hydrogens is 272 g/mol. The van der Waals surface area contributed by atoms with E-state index in [9.17, 15) is 10.2 Å². The number of aliphatic hydroxyl groups is 2. The average Bonchev–Trinajstić information content (AvgIpc) is 2.49. The van der Waals surface area contributed by atoms with Gasteiger partial charge in [0.15, 0.2) is 0 Å². The fourth-order valence-electron chi connectivity index (χ4n) is 3.39. The predicted molar refractivity (Wildman–Crippen MR) is 89.0 cm³/mol. The Labute approximate surface area is 132 Å². The molecule has 22 heavy (non-hydrogen) atoms. The molecule has 0 radical (unpaired) electrons. The fourth-order valence-corrected chi connectivity index (χ4v) is 3.39. The molecule has 0 saturated carbocycles. The van der Waals surface area contributed by atoms with Crippen LogP contribution < -0.4 is 0 Å². The molecule has 0 fully saturated rings. The minimum atomic E-state index is -0.435. The van der Waals surface area contributed by atoms with Crippen molar-refractivity contribution in [1.82, 2.24) is 0 Å². The van der Waals surface area contributed by atoms with Gasteiger partial charge in [0.1, 0.15) is 0 Å². The van der Waals surface area contributed by atoms with Gasteiger partial charge in [0.05, 0.1) is 12.2 Å². The van der Waals surface area contributed by atoms with Gasteiger partial charge in [-0.2, -0.15) is 0 Å². The first-order chi connectivity index (χ1) is 10.5. The molecule has 2 unspecified atom stereocenters. The van der Waals surface area contributed by atoms with Crippen molar-refractivity contribution in [2.75, 3.05) is 0 Å². The molecule has 0 spiro atoms. The molecule has 2 aromatic carbocycles. The van der Waals surface area contributed by atoms with Gasteiger partial charge in [-0.15, -0.1) is 0 Å². The van der Waals surface area contributed by atoms with Gasteiger partial charge in [-0.3, -0.25) is 0 Å². The lowest BCUT2D eigenvalue weighted by Gasteiger charge is -2.19. The van der Waals surface area contributed by atoms with Crippen LogP contribution in [0, 0.1) is 0 Å². The van der Waals surface area contributed by atoms with Crippen molar-refractivity contribution in [3.8, 4) is 0 Å². The van der Waals surface area contributed by atoms with E-state index in [-0.39, 0.29) is 0 Å². The summed E-state index contributed by atoms with van der Waals surface area (Å²) in [5.74, 6) is 0. The van der Waals surface area contributed by atoms with Crippen molar-refractivity contribution in [3.63, 3.8) is 0 Å². The van der Waals surface area contributed by atoms with Crippen LogP contribution in [0.25, 0.3) is 0 Å². The van der Waals surface area contributed by atoms with Gasteiger partial charge in [0, 0.05) is 0 Å². The van der Waals surface area contributed by atoms with Crippen LogP contribution in [0.15, 0.2) is 36.4 Å². The quantitative estimate of drug-likeness (QED) is 0.887. The highest BCUT2D eigenvalue weighted by molar-refractivity contribution is 5.39. The van der Waals surface area contributed by atoms with E-state index in [4.69, 9.17) is 0 Å². The van der Waals surface area contributed by atoms with Gasteiger partial charge in [0.2, 0.25) is 0 Å². The van der Waals surface area contributed by atoms with Crippen LogP contribution in [0.5, 0.6) is 0 Å². The van der Waals surface area contributed by atoms with E-state index in [0.29, 0.717) is 0 Å². The Morgan fingerprint density at radius 1 is 0.682 bits per heavy atom. The Morgan fingerprint density at radius 2 is 1.09 bits per heavy atom. The van der Waals surface area contributed by atoms with Gasteiger partial charge >= 0.3 is 0 Å². The highest BCUT2D eigenvalue weighted by Gasteiger charge is 2.14. The third-order valence-electron chi connectivity index (χ3n) is 4.69. The molecule has 2 nitrogen and oxygen atoms in total. The summed E-state index contributed by atoms with van der Waals surface area (Å²) in [7, 11) is 0. The number of hydrogen-bond donors (Lipinski definition) is 2. The first-order valence-corrected chi connectivity index (χ1v) is 8.14. The number of rotatable bonds is 2. The van der Waals surface area contributed by atoms with Gasteiger partial charge in [-0.25, -0.2) is 0 Å². The summed E-state index contributed by atoms with van der Waals surface area (Å²) < 4.78 is 0. The Hall–Kier alpha value is -1.64. The summed E-state index contributed by atoms with van der Waals surface area (Å²) in [4.78, 5) is 0. The Kier molecular flexibility index (Phi) is 4.32. The molecule has 0 aliphatic heterocycles. The van der Waals surface area contributed by atoms with Crippen LogP contribution in [-0.4, -0.2) is 10.2 Å². The SMILES string of the molecule is CC(O)c1cc2ccc1CCc1ccc(cc1C(C)O)CC2. The van der Waals surface area contributed by atoms with E-state index < -0.39 is 12.2 Å². The van der Waals surface area contributed by atoms with Crippen LogP contribution in [0.4, 0.5) is 0 Å². The lowest BCUT2D eigenvalue weighted by Crippen LogP contribution is -2.07. The molecule has 0 saturated heterocycles. The van der Waals surface area contributed by atoms with E-state index in [1.54, 1.807) is 0 Å². The first kappa shape index (κ1) is 15.3. The second kappa shape index (κ2) is 6.23. The molecule has 0 aromatic heterocycles. The molecule has 6 rings (SSSR count). The van der Waals surface area contributed by atoms with E-state index in [1.807, 2.05) is 13.8 Å². The Morgan fingerprint density at radius 3 is 1.45 bits per heavy atom. The molecular formula is C20H24O2. The van der Waals surface area contributed by atoms with Crippen LogP contribution in [-0.2, 0) is 25.7 Å². The maximum Gasteiger partial charge on any atom is 0.0764 e. The highest BCUT2D eigenvalue weighted by Crippen LogP contribution is 2.27. The maximum atomic E-state index is 10.1. The summed E-state index contributed by atoms with van der Waals surface area (Å²) in [6.45, 7) is 3.67. The number of benzene rings is 2. The van der Waals surface area contributed by atoms with Gasteiger partial charge in [0.25, 0.3) is 0 Å². The first-order valence-electron chi connectivity index (χ1n) is 8.14. The molecule has 4 aliphatic carbocycles. The van der Waals surface area contributed by atoms with E-state index >= 15 is 0 Å². The van der Waals surface area contributed by atoms with Crippen LogP contribution >= 0.6 is 0 Å². The standard InChI is InChI=1S/C20H24O2/c1-13(21)19-11-15-3-4-16-6-8-18(20(12-16)14(2)22)10-9-17(19)7-5-15/h5-8,11-14,21-22H,3-4,9-10H2,1-2H3. The third kappa shape index (κ3) is 3.08. The zero-order valence-corrected chi connectivity index (χ0v) is 13.3. The molecule has 4 aliphatic rings. The number of hydrogen-bond acceptors (Lipinski definition) is 2. The third-order valence-corrected chi connectivity index (χ3v) is 4.69. The van der Waals surface area contributed by atoms with Crippen LogP contribution in [0.2, 0.25) is 0 Å². The second-order valence-electron chi connectivity index (χ2n) is 6.42. The minimum Gasteiger partial charge on any atom is -0.389 e. The Balaban J connectivity index is 2.04.